The number of rotatable bonds is 5. The summed E-state index contributed by atoms with van der Waals surface area (Å²) in [5.74, 6) is 0.751. The van der Waals surface area contributed by atoms with Crippen LogP contribution in [0.3, 0.4) is 0 Å². The van der Waals surface area contributed by atoms with Crippen LogP contribution < -0.4 is 5.32 Å². The predicted molar refractivity (Wildman–Crippen MR) is 105 cm³/mol. The maximum Gasteiger partial charge on any atom is 0.221 e. The van der Waals surface area contributed by atoms with Crippen molar-refractivity contribution in [1.29, 1.82) is 0 Å². The van der Waals surface area contributed by atoms with Crippen molar-refractivity contribution in [2.24, 2.45) is 0 Å². The van der Waals surface area contributed by atoms with Gasteiger partial charge in [0, 0.05) is 49.3 Å². The summed E-state index contributed by atoms with van der Waals surface area (Å²) >= 11 is 0. The molecule has 0 spiro atoms. The maximum atomic E-state index is 11.2. The molecule has 0 radical (unpaired) electrons. The molecule has 0 bridgehead atoms. The summed E-state index contributed by atoms with van der Waals surface area (Å²) in [4.78, 5) is 24.6. The number of nitrogens with one attached hydrogen (secondary N) is 1. The first-order valence-corrected chi connectivity index (χ1v) is 8.78. The zero-order valence-electron chi connectivity index (χ0n) is 15.0. The number of amides is 1. The first kappa shape index (κ1) is 16.9. The van der Waals surface area contributed by atoms with Crippen molar-refractivity contribution in [3.05, 3.63) is 72.8 Å². The molecule has 1 N–H and O–H groups in total. The van der Waals surface area contributed by atoms with Gasteiger partial charge in [-0.15, -0.1) is 0 Å². The number of nitrogens with zero attached hydrogens (tertiary/aromatic N) is 4. The van der Waals surface area contributed by atoms with Crippen molar-refractivity contribution in [3.63, 3.8) is 0 Å². The van der Waals surface area contributed by atoms with Gasteiger partial charge in [0.15, 0.2) is 5.82 Å². The van der Waals surface area contributed by atoms with Crippen LogP contribution >= 0.6 is 0 Å². The van der Waals surface area contributed by atoms with Crippen molar-refractivity contribution >= 4 is 22.5 Å². The minimum absolute atomic E-state index is 0.0884. The lowest BCUT2D eigenvalue weighted by molar-refractivity contribution is -0.114. The van der Waals surface area contributed by atoms with Crippen LogP contribution in [0.25, 0.3) is 22.4 Å². The lowest BCUT2D eigenvalue weighted by Gasteiger charge is -2.09. The normalized spacial score (nSPS) is 10.9. The zero-order valence-corrected chi connectivity index (χ0v) is 15.0. The number of aromatic nitrogens is 4. The molecule has 0 aliphatic rings. The largest absolute Gasteiger partial charge is 0.329 e. The smallest absolute Gasteiger partial charge is 0.221 e. The Balaban J connectivity index is 1.59. The summed E-state index contributed by atoms with van der Waals surface area (Å²) in [5.41, 5.74) is 3.64. The molecule has 6 heteroatoms. The van der Waals surface area contributed by atoms with Crippen LogP contribution in [-0.4, -0.2) is 25.4 Å². The van der Waals surface area contributed by atoms with Crippen LogP contribution in [0.4, 0.5) is 5.69 Å². The third kappa shape index (κ3) is 3.84. The molecular formula is C21H19N5O. The molecule has 0 fully saturated rings. The van der Waals surface area contributed by atoms with E-state index in [1.165, 1.54) is 12.5 Å². The SMILES string of the molecule is CC(=O)Nc1ccc2nc(-c3nccn3CCc3cccnc3)ccc2c1. The number of benzene rings is 1. The van der Waals surface area contributed by atoms with Crippen LogP contribution in [0.5, 0.6) is 0 Å². The fourth-order valence-corrected chi connectivity index (χ4v) is 3.05. The van der Waals surface area contributed by atoms with E-state index in [1.807, 2.05) is 48.8 Å². The molecule has 0 saturated carbocycles. The molecule has 27 heavy (non-hydrogen) atoms. The second kappa shape index (κ2) is 7.37. The number of imidazole rings is 1. The van der Waals surface area contributed by atoms with Crippen molar-refractivity contribution in [1.82, 2.24) is 19.5 Å². The summed E-state index contributed by atoms with van der Waals surface area (Å²) in [6, 6.07) is 13.7. The molecule has 1 aromatic carbocycles. The second-order valence-corrected chi connectivity index (χ2v) is 6.34. The number of anilines is 1. The highest BCUT2D eigenvalue weighted by Crippen LogP contribution is 2.22. The third-order valence-corrected chi connectivity index (χ3v) is 4.32. The van der Waals surface area contributed by atoms with Gasteiger partial charge in [-0.2, -0.15) is 0 Å². The van der Waals surface area contributed by atoms with Gasteiger partial charge in [-0.3, -0.25) is 9.78 Å². The Morgan fingerprint density at radius 3 is 2.89 bits per heavy atom. The number of pyridine rings is 2. The molecule has 1 amide bonds. The van der Waals surface area contributed by atoms with Crippen LogP contribution in [0, 0.1) is 0 Å². The number of fused-ring (bicyclic) bond motifs is 1. The zero-order chi connectivity index (χ0) is 18.6. The average Bonchev–Trinajstić information content (AvgIpc) is 3.15. The topological polar surface area (TPSA) is 72.7 Å². The van der Waals surface area contributed by atoms with E-state index in [9.17, 15) is 4.79 Å². The molecule has 4 rings (SSSR count). The Morgan fingerprint density at radius 2 is 2.07 bits per heavy atom. The number of carbonyl (C=O) groups excluding carboxylic acids is 1. The van der Waals surface area contributed by atoms with Crippen molar-refractivity contribution in [2.45, 2.75) is 19.9 Å². The predicted octanol–water partition coefficient (Wildman–Crippen LogP) is 3.69. The Bertz CT molecular complexity index is 1090. The van der Waals surface area contributed by atoms with E-state index in [4.69, 9.17) is 4.98 Å². The van der Waals surface area contributed by atoms with E-state index in [0.29, 0.717) is 0 Å². The van der Waals surface area contributed by atoms with Gasteiger partial charge < -0.3 is 9.88 Å². The highest BCUT2D eigenvalue weighted by atomic mass is 16.1. The van der Waals surface area contributed by atoms with Crippen molar-refractivity contribution < 1.29 is 4.79 Å². The van der Waals surface area contributed by atoms with Gasteiger partial charge >= 0.3 is 0 Å². The Morgan fingerprint density at radius 1 is 1.15 bits per heavy atom. The minimum atomic E-state index is -0.0884. The van der Waals surface area contributed by atoms with Gasteiger partial charge in [0.25, 0.3) is 0 Å². The van der Waals surface area contributed by atoms with E-state index in [-0.39, 0.29) is 5.91 Å². The molecule has 0 aliphatic heterocycles. The number of aryl methyl sites for hydroxylation is 2. The molecule has 0 aliphatic carbocycles. The highest BCUT2D eigenvalue weighted by Gasteiger charge is 2.09. The van der Waals surface area contributed by atoms with Gasteiger partial charge in [0.2, 0.25) is 5.91 Å². The van der Waals surface area contributed by atoms with E-state index in [0.717, 1.165) is 41.1 Å². The van der Waals surface area contributed by atoms with Crippen LogP contribution in [0.1, 0.15) is 12.5 Å². The van der Waals surface area contributed by atoms with Crippen molar-refractivity contribution in [3.8, 4) is 11.5 Å². The Labute approximate surface area is 156 Å². The molecule has 4 aromatic rings. The minimum Gasteiger partial charge on any atom is -0.329 e. The number of hydrogen-bond acceptors (Lipinski definition) is 4. The van der Waals surface area contributed by atoms with Gasteiger partial charge in [0.1, 0.15) is 5.69 Å². The number of carbonyl (C=O) groups is 1. The summed E-state index contributed by atoms with van der Waals surface area (Å²) < 4.78 is 2.10. The fraction of sp³-hybridized carbons (Fsp3) is 0.143. The summed E-state index contributed by atoms with van der Waals surface area (Å²) in [7, 11) is 0. The first-order valence-electron chi connectivity index (χ1n) is 8.78. The summed E-state index contributed by atoms with van der Waals surface area (Å²) in [6.07, 6.45) is 8.31. The van der Waals surface area contributed by atoms with E-state index < -0.39 is 0 Å². The van der Waals surface area contributed by atoms with Crippen LogP contribution in [-0.2, 0) is 17.8 Å². The highest BCUT2D eigenvalue weighted by molar-refractivity contribution is 5.92. The molecule has 0 unspecified atom stereocenters. The van der Waals surface area contributed by atoms with Crippen LogP contribution in [0.2, 0.25) is 0 Å². The van der Waals surface area contributed by atoms with Gasteiger partial charge in [-0.05, 0) is 42.3 Å². The third-order valence-electron chi connectivity index (χ3n) is 4.32. The molecule has 6 nitrogen and oxygen atoms in total. The van der Waals surface area contributed by atoms with Gasteiger partial charge in [0.05, 0.1) is 5.52 Å². The molecule has 0 saturated heterocycles. The second-order valence-electron chi connectivity index (χ2n) is 6.34. The maximum absolute atomic E-state index is 11.2. The molecule has 3 aromatic heterocycles. The van der Waals surface area contributed by atoms with E-state index >= 15 is 0 Å². The lowest BCUT2D eigenvalue weighted by Crippen LogP contribution is -2.05. The summed E-state index contributed by atoms with van der Waals surface area (Å²) in [5, 5.41) is 3.76. The fourth-order valence-electron chi connectivity index (χ4n) is 3.05. The average molecular weight is 357 g/mol. The monoisotopic (exact) mass is 357 g/mol. The molecular weight excluding hydrogens is 338 g/mol. The van der Waals surface area contributed by atoms with Gasteiger partial charge in [-0.25, -0.2) is 9.97 Å². The van der Waals surface area contributed by atoms with E-state index in [2.05, 4.69) is 25.9 Å². The van der Waals surface area contributed by atoms with E-state index in [1.54, 1.807) is 12.4 Å². The number of hydrogen-bond donors (Lipinski definition) is 1. The molecule has 0 atom stereocenters. The standard InChI is InChI=1S/C21H19N5O/c1-15(27)24-18-5-7-19-17(13-18)4-6-20(25-19)21-23-10-12-26(21)11-8-16-3-2-9-22-14-16/h2-7,9-10,12-14H,8,11H2,1H3,(H,24,27). The first-order chi connectivity index (χ1) is 13.2. The van der Waals surface area contributed by atoms with Gasteiger partial charge in [-0.1, -0.05) is 12.1 Å². The van der Waals surface area contributed by atoms with Crippen molar-refractivity contribution in [2.75, 3.05) is 5.32 Å². The van der Waals surface area contributed by atoms with Crippen LogP contribution in [0.15, 0.2) is 67.3 Å². The lowest BCUT2D eigenvalue weighted by atomic mass is 10.1. The quantitative estimate of drug-likeness (QED) is 0.591. The Hall–Kier alpha value is -3.54. The molecule has 3 heterocycles. The Kier molecular flexibility index (Phi) is 4.61. The molecule has 134 valence electrons. The summed E-state index contributed by atoms with van der Waals surface area (Å²) in [6.45, 7) is 2.30.